The van der Waals surface area contributed by atoms with Crippen molar-refractivity contribution in [1.82, 2.24) is 10.3 Å². The van der Waals surface area contributed by atoms with E-state index in [1.54, 1.807) is 18.3 Å². The van der Waals surface area contributed by atoms with E-state index in [0.29, 0.717) is 22.7 Å². The van der Waals surface area contributed by atoms with Gasteiger partial charge >= 0.3 is 0 Å². The Hall–Kier alpha value is -3.28. The van der Waals surface area contributed by atoms with Gasteiger partial charge in [0, 0.05) is 34.8 Å². The van der Waals surface area contributed by atoms with E-state index in [-0.39, 0.29) is 30.2 Å². The van der Waals surface area contributed by atoms with Crippen LogP contribution in [-0.4, -0.2) is 16.9 Å². The molecule has 4 nitrogen and oxygen atoms in total. The van der Waals surface area contributed by atoms with Crippen molar-refractivity contribution < 1.29 is 18.3 Å². The second-order valence-electron chi connectivity index (χ2n) is 10.2. The number of ether oxygens (including phenoxy) is 1. The molecule has 1 heterocycles. The summed E-state index contributed by atoms with van der Waals surface area (Å²) in [5, 5.41) is 3.01. The fraction of sp³-hybridized carbons (Fsp3) is 0.379. The molecule has 3 aliphatic carbocycles. The van der Waals surface area contributed by atoms with Crippen LogP contribution in [0.1, 0.15) is 65.7 Å². The lowest BCUT2D eigenvalue weighted by molar-refractivity contribution is 0.0951. The smallest absolute Gasteiger partial charge is 0.251 e. The average Bonchev–Trinajstić information content (AvgIpc) is 3.45. The molecule has 1 aromatic heterocycles. The van der Waals surface area contributed by atoms with Gasteiger partial charge < -0.3 is 10.1 Å². The van der Waals surface area contributed by atoms with Gasteiger partial charge in [-0.3, -0.25) is 9.78 Å². The summed E-state index contributed by atoms with van der Waals surface area (Å²) in [4.78, 5) is 16.6. The van der Waals surface area contributed by atoms with Gasteiger partial charge in [0.05, 0.1) is 5.69 Å². The fourth-order valence-corrected chi connectivity index (χ4v) is 6.20. The third kappa shape index (κ3) is 4.09. The Bertz CT molecular complexity index is 1240. The minimum atomic E-state index is -0.598. The summed E-state index contributed by atoms with van der Waals surface area (Å²) >= 11 is 0. The van der Waals surface area contributed by atoms with E-state index in [9.17, 15) is 4.79 Å². The number of pyridine rings is 1. The van der Waals surface area contributed by atoms with E-state index in [4.69, 9.17) is 4.74 Å². The Labute approximate surface area is 203 Å². The Balaban J connectivity index is 1.32. The predicted molar refractivity (Wildman–Crippen MR) is 128 cm³/mol. The lowest BCUT2D eigenvalue weighted by Gasteiger charge is -2.39. The maximum absolute atomic E-state index is 15.7. The van der Waals surface area contributed by atoms with Crippen molar-refractivity contribution in [3.8, 4) is 5.75 Å². The molecule has 1 amide bonds. The number of benzene rings is 2. The summed E-state index contributed by atoms with van der Waals surface area (Å²) in [6.07, 6.45) is 7.62. The third-order valence-corrected chi connectivity index (χ3v) is 8.03. The van der Waals surface area contributed by atoms with Crippen molar-refractivity contribution in [2.75, 3.05) is 0 Å². The second-order valence-corrected chi connectivity index (χ2v) is 10.2. The molecule has 180 valence electrons. The fourth-order valence-electron chi connectivity index (χ4n) is 6.20. The molecule has 6 rings (SSSR count). The molecule has 0 spiro atoms. The first kappa shape index (κ1) is 22.2. The average molecular weight is 475 g/mol. The van der Waals surface area contributed by atoms with Crippen molar-refractivity contribution in [1.29, 1.82) is 0 Å². The zero-order valence-electron chi connectivity index (χ0n) is 19.5. The molecule has 35 heavy (non-hydrogen) atoms. The first-order valence-electron chi connectivity index (χ1n) is 12.5. The SMILES string of the molecule is O=C(NC1CC1)c1ccc(C2(c3cc(F)c(OCc4ccccn4)cc3F)CC3CCC2C3)cc1. The molecule has 0 saturated heterocycles. The van der Waals surface area contributed by atoms with Gasteiger partial charge in [-0.25, -0.2) is 8.78 Å². The summed E-state index contributed by atoms with van der Waals surface area (Å²) < 4.78 is 36.5. The number of fused-ring (bicyclic) bond motifs is 2. The number of carbonyl (C=O) groups excluding carboxylic acids is 1. The third-order valence-electron chi connectivity index (χ3n) is 8.03. The topological polar surface area (TPSA) is 51.2 Å². The molecule has 2 aromatic carbocycles. The van der Waals surface area contributed by atoms with Gasteiger partial charge in [-0.15, -0.1) is 0 Å². The molecule has 3 unspecified atom stereocenters. The van der Waals surface area contributed by atoms with Crippen LogP contribution >= 0.6 is 0 Å². The van der Waals surface area contributed by atoms with E-state index in [1.165, 1.54) is 12.1 Å². The molecule has 3 atom stereocenters. The summed E-state index contributed by atoms with van der Waals surface area (Å²) in [6.45, 7) is 0.0662. The Kier molecular flexibility index (Phi) is 5.54. The van der Waals surface area contributed by atoms with Crippen LogP contribution < -0.4 is 10.1 Å². The predicted octanol–water partition coefficient (Wildman–Crippen LogP) is 5.94. The molecule has 3 fully saturated rings. The van der Waals surface area contributed by atoms with E-state index in [0.717, 1.165) is 44.1 Å². The lowest BCUT2D eigenvalue weighted by Crippen LogP contribution is -2.35. The summed E-state index contributed by atoms with van der Waals surface area (Å²) in [5.41, 5.74) is 1.99. The first-order chi connectivity index (χ1) is 17.0. The molecule has 3 saturated carbocycles. The van der Waals surface area contributed by atoms with Gasteiger partial charge in [-0.05, 0) is 79.8 Å². The van der Waals surface area contributed by atoms with Crippen molar-refractivity contribution >= 4 is 5.91 Å². The van der Waals surface area contributed by atoms with Crippen LogP contribution in [0.25, 0.3) is 0 Å². The number of rotatable bonds is 7. The second kappa shape index (κ2) is 8.74. The summed E-state index contributed by atoms with van der Waals surface area (Å²) in [7, 11) is 0. The van der Waals surface area contributed by atoms with Gasteiger partial charge in [0.15, 0.2) is 11.6 Å². The highest BCUT2D eigenvalue weighted by atomic mass is 19.1. The number of halogens is 2. The van der Waals surface area contributed by atoms with E-state index < -0.39 is 17.0 Å². The van der Waals surface area contributed by atoms with Crippen LogP contribution in [0, 0.1) is 23.5 Å². The normalized spacial score (nSPS) is 25.0. The highest BCUT2D eigenvalue weighted by Gasteiger charge is 2.54. The quantitative estimate of drug-likeness (QED) is 0.461. The Morgan fingerprint density at radius 1 is 1.03 bits per heavy atom. The van der Waals surface area contributed by atoms with Crippen LogP contribution in [-0.2, 0) is 12.0 Å². The Morgan fingerprint density at radius 3 is 2.51 bits per heavy atom. The monoisotopic (exact) mass is 474 g/mol. The van der Waals surface area contributed by atoms with E-state index in [2.05, 4.69) is 10.3 Å². The molecule has 3 aliphatic rings. The molecule has 3 aromatic rings. The first-order valence-corrected chi connectivity index (χ1v) is 12.5. The number of carbonyl (C=O) groups is 1. The van der Waals surface area contributed by atoms with Crippen molar-refractivity contribution in [3.05, 3.63) is 94.8 Å². The summed E-state index contributed by atoms with van der Waals surface area (Å²) in [6, 6.07) is 15.7. The minimum absolute atomic E-state index is 0.0662. The number of hydrogen-bond donors (Lipinski definition) is 1. The van der Waals surface area contributed by atoms with Gasteiger partial charge in [0.2, 0.25) is 0 Å². The van der Waals surface area contributed by atoms with Crippen molar-refractivity contribution in [2.24, 2.45) is 11.8 Å². The van der Waals surface area contributed by atoms with Crippen LogP contribution in [0.4, 0.5) is 8.78 Å². The standard InChI is InChI=1S/C29H28F2N2O2/c30-25-15-27(35-17-23-3-1-2-12-32-23)26(31)14-24(25)29(16-18-4-7-21(29)13-18)20-8-5-19(6-9-20)28(34)33-22-10-11-22/h1-3,5-6,8-9,12,14-15,18,21-22H,4,7,10-11,13,16-17H2,(H,33,34). The van der Waals surface area contributed by atoms with Crippen LogP contribution in [0.5, 0.6) is 5.75 Å². The van der Waals surface area contributed by atoms with Crippen molar-refractivity contribution in [2.45, 2.75) is 56.6 Å². The molecule has 1 N–H and O–H groups in total. The van der Waals surface area contributed by atoms with Gasteiger partial charge in [-0.2, -0.15) is 0 Å². The minimum Gasteiger partial charge on any atom is -0.484 e. The maximum Gasteiger partial charge on any atom is 0.251 e. The zero-order chi connectivity index (χ0) is 24.0. The number of nitrogens with one attached hydrogen (secondary N) is 1. The van der Waals surface area contributed by atoms with E-state index in [1.807, 2.05) is 30.3 Å². The molecule has 2 bridgehead atoms. The molecule has 0 radical (unpaired) electrons. The summed E-state index contributed by atoms with van der Waals surface area (Å²) in [5.74, 6) is -0.464. The van der Waals surface area contributed by atoms with Crippen molar-refractivity contribution in [3.63, 3.8) is 0 Å². The largest absolute Gasteiger partial charge is 0.484 e. The van der Waals surface area contributed by atoms with Gasteiger partial charge in [0.25, 0.3) is 5.91 Å². The molecular weight excluding hydrogens is 446 g/mol. The van der Waals surface area contributed by atoms with E-state index >= 15 is 8.78 Å². The molecular formula is C29H28F2N2O2. The highest BCUT2D eigenvalue weighted by molar-refractivity contribution is 5.94. The number of nitrogens with zero attached hydrogens (tertiary/aromatic N) is 1. The lowest BCUT2D eigenvalue weighted by atomic mass is 9.64. The number of aromatic nitrogens is 1. The van der Waals surface area contributed by atoms with Crippen LogP contribution in [0.15, 0.2) is 60.8 Å². The zero-order valence-corrected chi connectivity index (χ0v) is 19.5. The highest BCUT2D eigenvalue weighted by Crippen LogP contribution is 2.60. The number of hydrogen-bond acceptors (Lipinski definition) is 3. The van der Waals surface area contributed by atoms with Crippen LogP contribution in [0.3, 0.4) is 0 Å². The molecule has 0 aliphatic heterocycles. The maximum atomic E-state index is 15.7. The van der Waals surface area contributed by atoms with Crippen LogP contribution in [0.2, 0.25) is 0 Å². The van der Waals surface area contributed by atoms with Gasteiger partial charge in [0.1, 0.15) is 12.4 Å². The Morgan fingerprint density at radius 2 is 1.86 bits per heavy atom. The van der Waals surface area contributed by atoms with Gasteiger partial charge in [-0.1, -0.05) is 24.6 Å². The number of amides is 1. The molecule has 6 heteroatoms.